The van der Waals surface area contributed by atoms with Crippen molar-refractivity contribution in [3.05, 3.63) is 51.7 Å². The molecule has 5 nitrogen and oxygen atoms in total. The zero-order chi connectivity index (χ0) is 18.2. The molecule has 3 N–H and O–H groups in total. The fraction of sp³-hybridized carbons (Fsp3) is 0.444. The van der Waals surface area contributed by atoms with Crippen molar-refractivity contribution in [2.45, 2.75) is 39.3 Å². The van der Waals surface area contributed by atoms with Gasteiger partial charge in [-0.1, -0.05) is 26.0 Å². The Kier molecular flexibility index (Phi) is 7.33. The lowest BCUT2D eigenvalue weighted by atomic mass is 10.1. The van der Waals surface area contributed by atoms with Gasteiger partial charge in [-0.3, -0.25) is 0 Å². The number of aliphatic hydroxyl groups is 1. The molecule has 25 heavy (non-hydrogen) atoms. The first kappa shape index (κ1) is 19.3. The minimum absolute atomic E-state index is 0.284. The molecule has 2 rings (SSSR count). The number of guanidine groups is 1. The summed E-state index contributed by atoms with van der Waals surface area (Å²) in [5.74, 6) is 0.708. The first-order valence-electron chi connectivity index (χ1n) is 8.39. The number of benzene rings is 1. The van der Waals surface area contributed by atoms with E-state index in [-0.39, 0.29) is 12.4 Å². The van der Waals surface area contributed by atoms with Gasteiger partial charge < -0.3 is 15.7 Å². The van der Waals surface area contributed by atoms with Crippen LogP contribution < -0.4 is 10.6 Å². The number of hydrogen-bond donors (Lipinski definition) is 3. The molecule has 0 spiro atoms. The predicted molar refractivity (Wildman–Crippen MR) is 100 cm³/mol. The highest BCUT2D eigenvalue weighted by Gasteiger charge is 2.09. The SMILES string of the molecule is CCNC(=NCc1nc(C(C)C)cs1)NCC(O)c1ccc(F)cc1. The van der Waals surface area contributed by atoms with Crippen molar-refractivity contribution in [3.63, 3.8) is 0 Å². The monoisotopic (exact) mass is 364 g/mol. The van der Waals surface area contributed by atoms with Crippen LogP contribution in [0.4, 0.5) is 4.39 Å². The minimum Gasteiger partial charge on any atom is -0.387 e. The molecule has 1 atom stereocenters. The van der Waals surface area contributed by atoms with Gasteiger partial charge in [0.2, 0.25) is 0 Å². The summed E-state index contributed by atoms with van der Waals surface area (Å²) < 4.78 is 12.9. The van der Waals surface area contributed by atoms with E-state index >= 15 is 0 Å². The third kappa shape index (κ3) is 6.10. The molecule has 0 bridgehead atoms. The van der Waals surface area contributed by atoms with Crippen molar-refractivity contribution in [2.24, 2.45) is 4.99 Å². The van der Waals surface area contributed by atoms with Crippen LogP contribution in [0.3, 0.4) is 0 Å². The Balaban J connectivity index is 1.93. The van der Waals surface area contributed by atoms with Crippen molar-refractivity contribution >= 4 is 17.3 Å². The molecule has 136 valence electrons. The van der Waals surface area contributed by atoms with Crippen molar-refractivity contribution < 1.29 is 9.50 Å². The molecule has 1 aromatic carbocycles. The molecule has 2 aromatic rings. The molecule has 0 aliphatic carbocycles. The van der Waals surface area contributed by atoms with Crippen LogP contribution in [0.2, 0.25) is 0 Å². The van der Waals surface area contributed by atoms with E-state index in [9.17, 15) is 9.50 Å². The van der Waals surface area contributed by atoms with E-state index in [1.165, 1.54) is 12.1 Å². The summed E-state index contributed by atoms with van der Waals surface area (Å²) >= 11 is 1.60. The average molecular weight is 364 g/mol. The predicted octanol–water partition coefficient (Wildman–Crippen LogP) is 3.19. The molecule has 0 aliphatic rings. The van der Waals surface area contributed by atoms with Crippen molar-refractivity contribution in [1.82, 2.24) is 15.6 Å². The van der Waals surface area contributed by atoms with E-state index in [1.807, 2.05) is 6.92 Å². The Morgan fingerprint density at radius 2 is 2.00 bits per heavy atom. The van der Waals surface area contributed by atoms with Gasteiger partial charge in [-0.15, -0.1) is 11.3 Å². The molecule has 0 amide bonds. The number of nitrogens with one attached hydrogen (secondary N) is 2. The van der Waals surface area contributed by atoms with Gasteiger partial charge in [0, 0.05) is 18.5 Å². The van der Waals surface area contributed by atoms with Gasteiger partial charge in [-0.05, 0) is 30.5 Å². The average Bonchev–Trinajstić information content (AvgIpc) is 3.07. The third-order valence-electron chi connectivity index (χ3n) is 3.60. The standard InChI is InChI=1S/C18H25FN4OS/c1-4-20-18(22-10-17-23-15(11-25-17)12(2)3)21-9-16(24)13-5-7-14(19)8-6-13/h5-8,11-12,16,24H,4,9-10H2,1-3H3,(H2,20,21,22). The fourth-order valence-corrected chi connectivity index (χ4v) is 3.03. The van der Waals surface area contributed by atoms with E-state index < -0.39 is 6.10 Å². The van der Waals surface area contributed by atoms with Crippen LogP contribution in [0.5, 0.6) is 0 Å². The highest BCUT2D eigenvalue weighted by molar-refractivity contribution is 7.09. The highest BCUT2D eigenvalue weighted by atomic mass is 32.1. The summed E-state index contributed by atoms with van der Waals surface area (Å²) in [5, 5.41) is 19.5. The first-order valence-corrected chi connectivity index (χ1v) is 9.27. The zero-order valence-electron chi connectivity index (χ0n) is 14.8. The van der Waals surface area contributed by atoms with Crippen molar-refractivity contribution in [1.29, 1.82) is 0 Å². The number of nitrogens with zero attached hydrogens (tertiary/aromatic N) is 2. The van der Waals surface area contributed by atoms with Gasteiger partial charge in [0.25, 0.3) is 0 Å². The van der Waals surface area contributed by atoms with Crippen LogP contribution in [-0.2, 0) is 6.54 Å². The number of aliphatic imine (C=N–C) groups is 1. The lowest BCUT2D eigenvalue weighted by molar-refractivity contribution is 0.180. The summed E-state index contributed by atoms with van der Waals surface area (Å²) in [6, 6.07) is 5.84. The lowest BCUT2D eigenvalue weighted by Gasteiger charge is -2.15. The zero-order valence-corrected chi connectivity index (χ0v) is 15.6. The summed E-state index contributed by atoms with van der Waals surface area (Å²) in [6.07, 6.45) is -0.739. The number of rotatable bonds is 7. The first-order chi connectivity index (χ1) is 12.0. The topological polar surface area (TPSA) is 69.5 Å². The molecule has 0 saturated heterocycles. The van der Waals surface area contributed by atoms with E-state index in [0.717, 1.165) is 10.7 Å². The number of aromatic nitrogens is 1. The van der Waals surface area contributed by atoms with E-state index in [2.05, 4.69) is 39.8 Å². The lowest BCUT2D eigenvalue weighted by Crippen LogP contribution is -2.39. The molecule has 0 fully saturated rings. The highest BCUT2D eigenvalue weighted by Crippen LogP contribution is 2.18. The molecule has 0 saturated carbocycles. The van der Waals surface area contributed by atoms with Crippen LogP contribution in [-0.4, -0.2) is 29.1 Å². The van der Waals surface area contributed by atoms with Gasteiger partial charge in [-0.25, -0.2) is 14.4 Å². The molecule has 0 aliphatic heterocycles. The van der Waals surface area contributed by atoms with Crippen molar-refractivity contribution in [2.75, 3.05) is 13.1 Å². The Labute approximate surface area is 152 Å². The summed E-state index contributed by atoms with van der Waals surface area (Å²) in [4.78, 5) is 9.07. The van der Waals surface area contributed by atoms with Crippen LogP contribution >= 0.6 is 11.3 Å². The molecule has 0 radical (unpaired) electrons. The molecule has 7 heteroatoms. The normalized spacial score (nSPS) is 13.1. The third-order valence-corrected chi connectivity index (χ3v) is 4.45. The quantitative estimate of drug-likeness (QED) is 0.521. The summed E-state index contributed by atoms with van der Waals surface area (Å²) in [7, 11) is 0. The molecule has 1 aromatic heterocycles. The molecular formula is C18H25FN4OS. The van der Waals surface area contributed by atoms with E-state index in [0.29, 0.717) is 30.5 Å². The number of hydrogen-bond acceptors (Lipinski definition) is 4. The van der Waals surface area contributed by atoms with Gasteiger partial charge in [0.15, 0.2) is 5.96 Å². The van der Waals surface area contributed by atoms with E-state index in [1.54, 1.807) is 23.5 Å². The maximum absolute atomic E-state index is 12.9. The Morgan fingerprint density at radius 3 is 2.60 bits per heavy atom. The smallest absolute Gasteiger partial charge is 0.191 e. The second-order valence-corrected chi connectivity index (χ2v) is 6.91. The van der Waals surface area contributed by atoms with Gasteiger partial charge >= 0.3 is 0 Å². The van der Waals surface area contributed by atoms with Crippen LogP contribution in [0.25, 0.3) is 0 Å². The maximum atomic E-state index is 12.9. The van der Waals surface area contributed by atoms with Crippen LogP contribution in [0.15, 0.2) is 34.6 Å². The summed E-state index contributed by atoms with van der Waals surface area (Å²) in [5.41, 5.74) is 1.74. The number of halogens is 1. The van der Waals surface area contributed by atoms with Gasteiger partial charge in [0.05, 0.1) is 18.3 Å². The fourth-order valence-electron chi connectivity index (χ4n) is 2.15. The Hall–Kier alpha value is -1.99. The molecular weight excluding hydrogens is 339 g/mol. The van der Waals surface area contributed by atoms with Gasteiger partial charge in [-0.2, -0.15) is 0 Å². The number of thiazole rings is 1. The Bertz CT molecular complexity index is 685. The number of aliphatic hydroxyl groups excluding tert-OH is 1. The second-order valence-electron chi connectivity index (χ2n) is 5.96. The second kappa shape index (κ2) is 9.48. The molecule has 1 unspecified atom stereocenters. The van der Waals surface area contributed by atoms with Crippen LogP contribution in [0.1, 0.15) is 49.1 Å². The van der Waals surface area contributed by atoms with Crippen LogP contribution in [0, 0.1) is 5.82 Å². The van der Waals surface area contributed by atoms with Gasteiger partial charge in [0.1, 0.15) is 10.8 Å². The Morgan fingerprint density at radius 1 is 1.28 bits per heavy atom. The van der Waals surface area contributed by atoms with E-state index in [4.69, 9.17) is 0 Å². The minimum atomic E-state index is -0.739. The molecule has 1 heterocycles. The van der Waals surface area contributed by atoms with Crippen molar-refractivity contribution in [3.8, 4) is 0 Å². The largest absolute Gasteiger partial charge is 0.387 e. The maximum Gasteiger partial charge on any atom is 0.191 e. The summed E-state index contributed by atoms with van der Waals surface area (Å²) in [6.45, 7) is 7.70.